The first-order chi connectivity index (χ1) is 8.01. The van der Waals surface area contributed by atoms with Crippen LogP contribution in [0, 0.1) is 0 Å². The van der Waals surface area contributed by atoms with Crippen LogP contribution in [0.4, 0.5) is 5.69 Å². The fraction of sp³-hybridized carbons (Fsp3) is 0.250. The summed E-state index contributed by atoms with van der Waals surface area (Å²) in [6.45, 7) is 0. The van der Waals surface area contributed by atoms with Crippen molar-refractivity contribution >= 4 is 11.5 Å². The Bertz CT molecular complexity index is 478. The number of nitrogens with one attached hydrogen (secondary N) is 1. The van der Waals surface area contributed by atoms with Gasteiger partial charge in [0.2, 0.25) is 5.79 Å². The molecule has 1 aliphatic heterocycles. The van der Waals surface area contributed by atoms with Gasteiger partial charge in [-0.25, -0.2) is 4.99 Å². The van der Waals surface area contributed by atoms with Gasteiger partial charge in [-0.05, 0) is 18.2 Å². The molecule has 1 aliphatic rings. The van der Waals surface area contributed by atoms with E-state index in [2.05, 4.69) is 10.3 Å². The van der Waals surface area contributed by atoms with Crippen LogP contribution in [0.15, 0.2) is 41.5 Å². The van der Waals surface area contributed by atoms with Crippen LogP contribution in [0.25, 0.3) is 0 Å². The second kappa shape index (κ2) is 4.10. The van der Waals surface area contributed by atoms with Crippen molar-refractivity contribution in [3.8, 4) is 0 Å². The zero-order valence-electron chi connectivity index (χ0n) is 10.0. The first-order valence-electron chi connectivity index (χ1n) is 5.37. The first kappa shape index (κ1) is 11.5. The Morgan fingerprint density at radius 2 is 2.12 bits per heavy atom. The number of nitrogens with zero attached hydrogens (tertiary/aromatic N) is 2. The molecule has 5 N–H and O–H groups in total. The third kappa shape index (κ3) is 2.24. The van der Waals surface area contributed by atoms with Gasteiger partial charge in [0.1, 0.15) is 5.84 Å². The van der Waals surface area contributed by atoms with Crippen molar-refractivity contribution in [2.45, 2.75) is 5.79 Å². The van der Waals surface area contributed by atoms with Crippen molar-refractivity contribution in [3.63, 3.8) is 0 Å². The number of hydrogen-bond acceptors (Lipinski definition) is 5. The maximum absolute atomic E-state index is 6.19. The molecular weight excluding hydrogens is 214 g/mol. The Hall–Kier alpha value is -2.01. The standard InChI is InChI=1S/C12H17N5/c1-17(2)10-5-3-4-9(8-10)12(14)15-7-6-11(13)16-12/h3-8,15H,14H2,1-2H3,(H2,13,16). The highest BCUT2D eigenvalue weighted by molar-refractivity contribution is 5.92. The molecule has 0 fully saturated rings. The summed E-state index contributed by atoms with van der Waals surface area (Å²) in [6, 6.07) is 7.88. The molecule has 1 aromatic rings. The quantitative estimate of drug-likeness (QED) is 0.683. The predicted octanol–water partition coefficient (Wildman–Crippen LogP) is 0.296. The third-order valence-corrected chi connectivity index (χ3v) is 2.67. The van der Waals surface area contributed by atoms with Gasteiger partial charge in [-0.15, -0.1) is 0 Å². The molecule has 5 heteroatoms. The largest absolute Gasteiger partial charge is 0.384 e. The molecule has 1 atom stereocenters. The van der Waals surface area contributed by atoms with Crippen molar-refractivity contribution in [1.82, 2.24) is 5.32 Å². The zero-order valence-corrected chi connectivity index (χ0v) is 10.0. The van der Waals surface area contributed by atoms with Gasteiger partial charge >= 0.3 is 0 Å². The fourth-order valence-electron chi connectivity index (χ4n) is 1.70. The van der Waals surface area contributed by atoms with Crippen molar-refractivity contribution in [2.75, 3.05) is 19.0 Å². The van der Waals surface area contributed by atoms with Gasteiger partial charge in [0.25, 0.3) is 0 Å². The Labute approximate surface area is 101 Å². The van der Waals surface area contributed by atoms with E-state index in [-0.39, 0.29) is 0 Å². The summed E-state index contributed by atoms with van der Waals surface area (Å²) in [5.41, 5.74) is 13.8. The predicted molar refractivity (Wildman–Crippen MR) is 70.5 cm³/mol. The molecule has 90 valence electrons. The number of benzene rings is 1. The fourth-order valence-corrected chi connectivity index (χ4v) is 1.70. The summed E-state index contributed by atoms with van der Waals surface area (Å²) >= 11 is 0. The van der Waals surface area contributed by atoms with E-state index in [0.29, 0.717) is 5.84 Å². The van der Waals surface area contributed by atoms with E-state index in [4.69, 9.17) is 11.5 Å². The maximum Gasteiger partial charge on any atom is 0.211 e. The second-order valence-electron chi connectivity index (χ2n) is 4.23. The normalized spacial score (nSPS) is 22.9. The van der Waals surface area contributed by atoms with Crippen LogP contribution in [-0.2, 0) is 5.79 Å². The van der Waals surface area contributed by atoms with Gasteiger partial charge in [0.15, 0.2) is 0 Å². The lowest BCUT2D eigenvalue weighted by Crippen LogP contribution is -2.49. The molecule has 1 heterocycles. The number of hydrogen-bond donors (Lipinski definition) is 3. The number of rotatable bonds is 2. The molecule has 0 amide bonds. The minimum atomic E-state index is -0.981. The summed E-state index contributed by atoms with van der Waals surface area (Å²) < 4.78 is 0. The highest BCUT2D eigenvalue weighted by Gasteiger charge is 2.27. The number of nitrogens with two attached hydrogens (primary N) is 2. The molecule has 0 radical (unpaired) electrons. The van der Waals surface area contributed by atoms with Crippen molar-refractivity contribution in [2.24, 2.45) is 16.5 Å². The molecule has 17 heavy (non-hydrogen) atoms. The van der Waals surface area contributed by atoms with Crippen molar-refractivity contribution in [3.05, 3.63) is 42.1 Å². The Kier molecular flexibility index (Phi) is 2.77. The molecule has 0 spiro atoms. The first-order valence-corrected chi connectivity index (χ1v) is 5.37. The molecule has 1 unspecified atom stereocenters. The summed E-state index contributed by atoms with van der Waals surface area (Å²) in [5.74, 6) is -0.563. The second-order valence-corrected chi connectivity index (χ2v) is 4.23. The topological polar surface area (TPSA) is 79.7 Å². The summed E-state index contributed by atoms with van der Waals surface area (Å²) in [4.78, 5) is 6.25. The molecule has 0 saturated heterocycles. The molecule has 0 aromatic heterocycles. The van der Waals surface area contributed by atoms with Gasteiger partial charge in [0.05, 0.1) is 0 Å². The van der Waals surface area contributed by atoms with E-state index in [1.165, 1.54) is 0 Å². The number of amidine groups is 1. The van der Waals surface area contributed by atoms with E-state index < -0.39 is 5.79 Å². The molecule has 5 nitrogen and oxygen atoms in total. The highest BCUT2D eigenvalue weighted by atomic mass is 15.3. The Balaban J connectivity index is 2.40. The van der Waals surface area contributed by atoms with Crippen LogP contribution in [0.5, 0.6) is 0 Å². The van der Waals surface area contributed by atoms with Crippen LogP contribution < -0.4 is 21.7 Å². The number of anilines is 1. The monoisotopic (exact) mass is 231 g/mol. The van der Waals surface area contributed by atoms with E-state index in [9.17, 15) is 0 Å². The third-order valence-electron chi connectivity index (χ3n) is 2.67. The lowest BCUT2D eigenvalue weighted by atomic mass is 10.1. The van der Waals surface area contributed by atoms with E-state index in [1.807, 2.05) is 43.3 Å². The molecular formula is C12H17N5. The molecule has 0 aliphatic carbocycles. The SMILES string of the molecule is CN(C)c1cccc(C2(N)N=C(N)C=CN2)c1. The average Bonchev–Trinajstić information content (AvgIpc) is 2.29. The van der Waals surface area contributed by atoms with Gasteiger partial charge in [-0.2, -0.15) is 0 Å². The molecule has 0 bridgehead atoms. The molecule has 1 aromatic carbocycles. The Morgan fingerprint density at radius 1 is 1.35 bits per heavy atom. The minimum absolute atomic E-state index is 0.418. The van der Waals surface area contributed by atoms with Gasteiger partial charge in [0, 0.05) is 31.5 Å². The highest BCUT2D eigenvalue weighted by Crippen LogP contribution is 2.23. The zero-order chi connectivity index (χ0) is 12.5. The van der Waals surface area contributed by atoms with Gasteiger partial charge < -0.3 is 16.0 Å². The van der Waals surface area contributed by atoms with E-state index >= 15 is 0 Å². The number of aliphatic imine (C=N–C) groups is 1. The van der Waals surface area contributed by atoms with Crippen LogP contribution in [-0.4, -0.2) is 19.9 Å². The van der Waals surface area contributed by atoms with Crippen molar-refractivity contribution < 1.29 is 0 Å². The average molecular weight is 231 g/mol. The van der Waals surface area contributed by atoms with Crippen LogP contribution in [0.2, 0.25) is 0 Å². The Morgan fingerprint density at radius 3 is 2.76 bits per heavy atom. The minimum Gasteiger partial charge on any atom is -0.384 e. The molecule has 2 rings (SSSR count). The van der Waals surface area contributed by atoms with Crippen LogP contribution in [0.3, 0.4) is 0 Å². The molecule has 0 saturated carbocycles. The van der Waals surface area contributed by atoms with Gasteiger partial charge in [-0.3, -0.25) is 5.73 Å². The summed E-state index contributed by atoms with van der Waals surface area (Å²) in [5, 5.41) is 3.02. The van der Waals surface area contributed by atoms with Crippen LogP contribution in [0.1, 0.15) is 5.56 Å². The maximum atomic E-state index is 6.19. The van der Waals surface area contributed by atoms with E-state index in [1.54, 1.807) is 12.3 Å². The lowest BCUT2D eigenvalue weighted by Gasteiger charge is -2.29. The van der Waals surface area contributed by atoms with Gasteiger partial charge in [-0.1, -0.05) is 12.1 Å². The van der Waals surface area contributed by atoms with Crippen LogP contribution >= 0.6 is 0 Å². The summed E-state index contributed by atoms with van der Waals surface area (Å²) in [7, 11) is 3.96. The van der Waals surface area contributed by atoms with Crippen molar-refractivity contribution in [1.29, 1.82) is 0 Å². The van der Waals surface area contributed by atoms with E-state index in [0.717, 1.165) is 11.3 Å². The smallest absolute Gasteiger partial charge is 0.211 e. The lowest BCUT2D eigenvalue weighted by molar-refractivity contribution is 0.410. The summed E-state index contributed by atoms with van der Waals surface area (Å²) in [6.07, 6.45) is 3.39.